The van der Waals surface area contributed by atoms with Gasteiger partial charge >= 0.3 is 6.09 Å². The molecule has 38 heavy (non-hydrogen) atoms. The van der Waals surface area contributed by atoms with Crippen molar-refractivity contribution >= 4 is 23.8 Å². The predicted molar refractivity (Wildman–Crippen MR) is 146 cm³/mol. The second kappa shape index (κ2) is 16.7. The third kappa shape index (κ3) is 12.4. The summed E-state index contributed by atoms with van der Waals surface area (Å²) < 4.78 is 5.29. The summed E-state index contributed by atoms with van der Waals surface area (Å²) in [6, 6.07) is 6.63. The molecule has 0 aromatic heterocycles. The van der Waals surface area contributed by atoms with Gasteiger partial charge < -0.3 is 20.7 Å². The van der Waals surface area contributed by atoms with Crippen LogP contribution < -0.4 is 16.0 Å². The van der Waals surface area contributed by atoms with Gasteiger partial charge in [-0.25, -0.2) is 9.86 Å². The number of nitrogens with one attached hydrogen (secondary N) is 3. The summed E-state index contributed by atoms with van der Waals surface area (Å²) in [4.78, 5) is 56.8. The first-order valence-electron chi connectivity index (χ1n) is 13.2. The Bertz CT molecular complexity index is 891. The molecule has 214 valence electrons. The lowest BCUT2D eigenvalue weighted by atomic mass is 9.99. The van der Waals surface area contributed by atoms with Gasteiger partial charge in [-0.05, 0) is 42.6 Å². The van der Waals surface area contributed by atoms with Crippen molar-refractivity contribution in [3.63, 3.8) is 0 Å². The molecule has 1 aromatic rings. The normalized spacial score (nSPS) is 13.6. The molecule has 0 bridgehead atoms. The van der Waals surface area contributed by atoms with Crippen molar-refractivity contribution in [3.05, 3.63) is 35.9 Å². The number of likely N-dealkylation sites (N-methyl/N-ethyl adjacent to an activating group) is 1. The lowest BCUT2D eigenvalue weighted by Crippen LogP contribution is -2.57. The highest BCUT2D eigenvalue weighted by Crippen LogP contribution is 2.12. The Morgan fingerprint density at radius 3 is 1.66 bits per heavy atom. The third-order valence-corrected chi connectivity index (χ3v) is 5.77. The summed E-state index contributed by atoms with van der Waals surface area (Å²) in [6.45, 7) is 11.7. The van der Waals surface area contributed by atoms with Gasteiger partial charge in [-0.3, -0.25) is 19.2 Å². The lowest BCUT2D eigenvalue weighted by Gasteiger charge is -2.28. The van der Waals surface area contributed by atoms with Crippen LogP contribution in [0.4, 0.5) is 4.79 Å². The highest BCUT2D eigenvalue weighted by molar-refractivity contribution is 5.93. The van der Waals surface area contributed by atoms with Gasteiger partial charge in [0.2, 0.25) is 11.8 Å². The van der Waals surface area contributed by atoms with Crippen molar-refractivity contribution < 1.29 is 28.8 Å². The zero-order valence-electron chi connectivity index (χ0n) is 24.1. The first-order chi connectivity index (χ1) is 17.8. The molecular weight excluding hydrogens is 488 g/mol. The molecule has 0 spiro atoms. The molecule has 0 saturated heterocycles. The Balaban J connectivity index is 2.97. The molecule has 10 heteroatoms. The Morgan fingerprint density at radius 1 is 0.737 bits per heavy atom. The number of alkyl carbamates (subject to hydrolysis) is 1. The van der Waals surface area contributed by atoms with Crippen molar-refractivity contribution in [1.29, 1.82) is 0 Å². The molecular formula is C28H46N4O6. The molecule has 0 aliphatic heterocycles. The smallest absolute Gasteiger partial charge is 0.408 e. The van der Waals surface area contributed by atoms with E-state index >= 15 is 0 Å². The van der Waals surface area contributed by atoms with Gasteiger partial charge in [-0.2, -0.15) is 0 Å². The van der Waals surface area contributed by atoms with E-state index in [9.17, 15) is 19.2 Å². The van der Waals surface area contributed by atoms with E-state index < -0.39 is 36.0 Å². The van der Waals surface area contributed by atoms with Crippen LogP contribution in [0.5, 0.6) is 0 Å². The van der Waals surface area contributed by atoms with Crippen molar-refractivity contribution in [1.82, 2.24) is 21.0 Å². The number of rotatable bonds is 15. The fourth-order valence-electron chi connectivity index (χ4n) is 3.86. The number of hydrogen-bond donors (Lipinski definition) is 3. The van der Waals surface area contributed by atoms with Crippen molar-refractivity contribution in [2.75, 3.05) is 14.2 Å². The van der Waals surface area contributed by atoms with Gasteiger partial charge in [0.1, 0.15) is 24.7 Å². The van der Waals surface area contributed by atoms with Gasteiger partial charge in [-0.15, -0.1) is 0 Å². The van der Waals surface area contributed by atoms with E-state index in [1.165, 1.54) is 14.2 Å². The number of benzene rings is 1. The molecule has 0 aliphatic carbocycles. The minimum absolute atomic E-state index is 0.0717. The fourth-order valence-corrected chi connectivity index (χ4v) is 3.86. The Morgan fingerprint density at radius 2 is 1.18 bits per heavy atom. The maximum Gasteiger partial charge on any atom is 0.408 e. The molecule has 0 radical (unpaired) electrons. The summed E-state index contributed by atoms with van der Waals surface area (Å²) in [5.41, 5.74) is 0.825. The highest BCUT2D eigenvalue weighted by Gasteiger charge is 2.32. The molecule has 3 N–H and O–H groups in total. The molecule has 0 unspecified atom stereocenters. The van der Waals surface area contributed by atoms with Gasteiger partial charge in [-0.1, -0.05) is 71.9 Å². The van der Waals surface area contributed by atoms with Crippen LogP contribution in [-0.2, 0) is 30.6 Å². The average Bonchev–Trinajstić information content (AvgIpc) is 2.85. The van der Waals surface area contributed by atoms with Crippen LogP contribution in [0.1, 0.15) is 66.4 Å². The second-order valence-corrected chi connectivity index (χ2v) is 10.8. The van der Waals surface area contributed by atoms with E-state index in [0.29, 0.717) is 19.3 Å². The molecule has 0 aliphatic rings. The number of hydrogen-bond acceptors (Lipinski definition) is 6. The first kappa shape index (κ1) is 32.9. The van der Waals surface area contributed by atoms with Crippen molar-refractivity contribution in [3.8, 4) is 0 Å². The van der Waals surface area contributed by atoms with E-state index in [1.54, 1.807) is 0 Å². The van der Waals surface area contributed by atoms with E-state index in [4.69, 9.17) is 9.57 Å². The largest absolute Gasteiger partial charge is 0.445 e. The van der Waals surface area contributed by atoms with Crippen LogP contribution >= 0.6 is 0 Å². The lowest BCUT2D eigenvalue weighted by molar-refractivity contribution is -0.172. The van der Waals surface area contributed by atoms with E-state index in [1.807, 2.05) is 71.9 Å². The first-order valence-corrected chi connectivity index (χ1v) is 13.2. The van der Waals surface area contributed by atoms with Crippen LogP contribution in [0.15, 0.2) is 30.3 Å². The number of hydroxylamine groups is 2. The molecule has 0 fully saturated rings. The quantitative estimate of drug-likeness (QED) is 0.296. The minimum atomic E-state index is -0.895. The average molecular weight is 535 g/mol. The molecule has 0 saturated carbocycles. The Kier molecular flexibility index (Phi) is 14.4. The maximum atomic E-state index is 13.3. The van der Waals surface area contributed by atoms with Crippen molar-refractivity contribution in [2.45, 2.75) is 85.5 Å². The third-order valence-electron chi connectivity index (χ3n) is 5.77. The zero-order valence-corrected chi connectivity index (χ0v) is 24.1. The van der Waals surface area contributed by atoms with Crippen LogP contribution in [0.3, 0.4) is 0 Å². The van der Waals surface area contributed by atoms with Crippen LogP contribution in [0.2, 0.25) is 0 Å². The highest BCUT2D eigenvalue weighted by atomic mass is 16.7. The molecule has 3 atom stereocenters. The van der Waals surface area contributed by atoms with Gasteiger partial charge in [0.25, 0.3) is 5.91 Å². The summed E-state index contributed by atoms with van der Waals surface area (Å²) in [5, 5.41) is 9.31. The number of amides is 4. The van der Waals surface area contributed by atoms with Gasteiger partial charge in [0.05, 0.1) is 7.11 Å². The van der Waals surface area contributed by atoms with Crippen LogP contribution in [0, 0.1) is 17.8 Å². The van der Waals surface area contributed by atoms with Crippen LogP contribution in [0.25, 0.3) is 0 Å². The number of carbonyl (C=O) groups excluding carboxylic acids is 4. The van der Waals surface area contributed by atoms with Crippen molar-refractivity contribution in [2.24, 2.45) is 17.8 Å². The molecule has 10 nitrogen and oxygen atoms in total. The predicted octanol–water partition coefficient (Wildman–Crippen LogP) is 3.41. The van der Waals surface area contributed by atoms with Gasteiger partial charge in [0.15, 0.2) is 0 Å². The number of nitrogens with zero attached hydrogens (tertiary/aromatic N) is 1. The summed E-state index contributed by atoms with van der Waals surface area (Å²) in [7, 11) is 2.86. The van der Waals surface area contributed by atoms with E-state index in [0.717, 1.165) is 10.6 Å². The molecule has 0 heterocycles. The fraction of sp³-hybridized carbons (Fsp3) is 0.643. The Labute approximate surface area is 227 Å². The van der Waals surface area contributed by atoms with Crippen LogP contribution in [-0.4, -0.2) is 61.2 Å². The Hall–Kier alpha value is -3.14. The summed E-state index contributed by atoms with van der Waals surface area (Å²) >= 11 is 0. The standard InChI is InChI=1S/C28H46N4O6/c1-18(2)14-22(25(33)30-24(16-20(5)6)27(35)32(7)37-8)29-26(34)23(15-19(3)4)31-28(36)38-17-21-12-10-9-11-13-21/h9-13,18-20,22-24H,14-17H2,1-8H3,(H,29,34)(H,30,33)(H,31,36)/t22-,23-,24-/m0/s1. The molecule has 1 aromatic carbocycles. The summed E-state index contributed by atoms with van der Waals surface area (Å²) in [5.74, 6) is -1.03. The second-order valence-electron chi connectivity index (χ2n) is 10.8. The summed E-state index contributed by atoms with van der Waals surface area (Å²) in [6.07, 6.45) is 0.401. The minimum Gasteiger partial charge on any atom is -0.445 e. The monoisotopic (exact) mass is 534 g/mol. The van der Waals surface area contributed by atoms with E-state index in [-0.39, 0.29) is 30.3 Å². The zero-order chi connectivity index (χ0) is 28.8. The number of carbonyl (C=O) groups is 4. The molecule has 4 amide bonds. The SMILES string of the molecule is CON(C)C(=O)[C@H](CC(C)C)NC(=O)[C@H](CC(C)C)NC(=O)[C@H](CC(C)C)NC(=O)OCc1ccccc1. The topological polar surface area (TPSA) is 126 Å². The van der Waals surface area contributed by atoms with E-state index in [2.05, 4.69) is 16.0 Å². The number of ether oxygens (including phenoxy) is 1. The maximum absolute atomic E-state index is 13.3. The van der Waals surface area contributed by atoms with Gasteiger partial charge in [0, 0.05) is 7.05 Å². The molecule has 1 rings (SSSR count).